The average Bonchev–Trinajstić information content (AvgIpc) is 3.14. The molecule has 3 rings (SSSR count). The van der Waals surface area contributed by atoms with E-state index in [-0.39, 0.29) is 11.7 Å². The van der Waals surface area contributed by atoms with E-state index >= 15 is 0 Å². The molecule has 0 radical (unpaired) electrons. The van der Waals surface area contributed by atoms with Gasteiger partial charge in [0.1, 0.15) is 6.33 Å². The Morgan fingerprint density at radius 3 is 2.33 bits per heavy atom. The van der Waals surface area contributed by atoms with Gasteiger partial charge in [0.25, 0.3) is 0 Å². The summed E-state index contributed by atoms with van der Waals surface area (Å²) in [6, 6.07) is 12.5. The van der Waals surface area contributed by atoms with E-state index in [1.165, 1.54) is 17.3 Å². The highest BCUT2D eigenvalue weighted by molar-refractivity contribution is 7.99. The van der Waals surface area contributed by atoms with Crippen molar-refractivity contribution < 1.29 is 4.79 Å². The van der Waals surface area contributed by atoms with Crippen LogP contribution in [0.15, 0.2) is 47.9 Å². The normalized spacial score (nSPS) is 11.3. The smallest absolute Gasteiger partial charge is 0.234 e. The molecule has 0 aliphatic heterocycles. The summed E-state index contributed by atoms with van der Waals surface area (Å²) >= 11 is 1.39. The van der Waals surface area contributed by atoms with Crippen LogP contribution in [0, 0.1) is 13.8 Å². The fourth-order valence-corrected chi connectivity index (χ4v) is 4.29. The molecule has 0 atom stereocenters. The Bertz CT molecular complexity index is 1010. The molecule has 30 heavy (non-hydrogen) atoms. The lowest BCUT2D eigenvalue weighted by Gasteiger charge is -2.20. The molecule has 158 valence electrons. The van der Waals surface area contributed by atoms with Crippen LogP contribution in [-0.4, -0.2) is 26.4 Å². The van der Waals surface area contributed by atoms with Gasteiger partial charge in [-0.25, -0.2) is 0 Å². The second-order valence-electron chi connectivity index (χ2n) is 8.23. The first-order chi connectivity index (χ1) is 14.3. The maximum absolute atomic E-state index is 12.8. The average molecular weight is 423 g/mol. The van der Waals surface area contributed by atoms with E-state index in [4.69, 9.17) is 0 Å². The van der Waals surface area contributed by atoms with Crippen molar-refractivity contribution in [1.82, 2.24) is 14.8 Å². The molecule has 0 aliphatic carbocycles. The molecule has 6 heteroatoms. The maximum atomic E-state index is 12.8. The van der Waals surface area contributed by atoms with Crippen LogP contribution >= 0.6 is 11.8 Å². The number of thioether (sulfide) groups is 1. The van der Waals surface area contributed by atoms with Crippen molar-refractivity contribution in [3.8, 4) is 5.69 Å². The standard InChI is InChI=1S/C24H30N4OS/c1-15(2)19-8-7-9-20(16(3)4)23(19)26-22(29)13-30-24-27-25-14-28(24)21-11-10-17(5)12-18(21)6/h7-12,14-16H,13H2,1-6H3,(H,26,29). The van der Waals surface area contributed by atoms with Gasteiger partial charge in [-0.05, 0) is 48.4 Å². The van der Waals surface area contributed by atoms with Gasteiger partial charge < -0.3 is 5.32 Å². The molecule has 0 unspecified atom stereocenters. The number of aryl methyl sites for hydroxylation is 2. The monoisotopic (exact) mass is 422 g/mol. The minimum Gasteiger partial charge on any atom is -0.325 e. The topological polar surface area (TPSA) is 59.8 Å². The number of benzene rings is 2. The number of amides is 1. The third-order valence-electron chi connectivity index (χ3n) is 5.10. The van der Waals surface area contributed by atoms with Crippen LogP contribution in [0.5, 0.6) is 0 Å². The molecule has 5 nitrogen and oxygen atoms in total. The van der Waals surface area contributed by atoms with Crippen molar-refractivity contribution in [2.45, 2.75) is 58.5 Å². The lowest BCUT2D eigenvalue weighted by atomic mass is 9.92. The zero-order chi connectivity index (χ0) is 21.8. The zero-order valence-electron chi connectivity index (χ0n) is 18.6. The van der Waals surface area contributed by atoms with Gasteiger partial charge in [-0.1, -0.05) is 75.4 Å². The van der Waals surface area contributed by atoms with E-state index in [0.29, 0.717) is 17.0 Å². The number of hydrogen-bond acceptors (Lipinski definition) is 4. The summed E-state index contributed by atoms with van der Waals surface area (Å²) in [7, 11) is 0. The number of aromatic nitrogens is 3. The van der Waals surface area contributed by atoms with Gasteiger partial charge in [-0.15, -0.1) is 10.2 Å². The summed E-state index contributed by atoms with van der Waals surface area (Å²) in [5.74, 6) is 0.900. The summed E-state index contributed by atoms with van der Waals surface area (Å²) < 4.78 is 1.94. The van der Waals surface area contributed by atoms with Gasteiger partial charge in [-0.2, -0.15) is 0 Å². The second kappa shape index (κ2) is 9.47. The molecule has 2 aromatic carbocycles. The van der Waals surface area contributed by atoms with Crippen molar-refractivity contribution in [2.24, 2.45) is 0 Å². The number of nitrogens with zero attached hydrogens (tertiary/aromatic N) is 3. The van der Waals surface area contributed by atoms with Crippen LogP contribution in [0.3, 0.4) is 0 Å². The number of rotatable bonds is 7. The van der Waals surface area contributed by atoms with E-state index in [2.05, 4.69) is 93.5 Å². The molecule has 3 aromatic rings. The minimum absolute atomic E-state index is 0.0369. The third-order valence-corrected chi connectivity index (χ3v) is 6.04. The first-order valence-electron chi connectivity index (χ1n) is 10.3. The summed E-state index contributed by atoms with van der Waals surface area (Å²) in [6.07, 6.45) is 1.70. The van der Waals surface area contributed by atoms with Crippen molar-refractivity contribution in [1.29, 1.82) is 0 Å². The predicted molar refractivity (Wildman–Crippen MR) is 125 cm³/mol. The molecule has 0 saturated heterocycles. The first-order valence-corrected chi connectivity index (χ1v) is 11.3. The number of para-hydroxylation sites is 1. The molecule has 1 amide bonds. The Hall–Kier alpha value is -2.60. The van der Waals surface area contributed by atoms with Gasteiger partial charge in [0.15, 0.2) is 5.16 Å². The largest absolute Gasteiger partial charge is 0.325 e. The quantitative estimate of drug-likeness (QED) is 0.484. The summed E-state index contributed by atoms with van der Waals surface area (Å²) in [5.41, 5.74) is 6.66. The summed E-state index contributed by atoms with van der Waals surface area (Å²) in [5, 5.41) is 12.2. The second-order valence-corrected chi connectivity index (χ2v) is 9.17. The predicted octanol–water partition coefficient (Wildman–Crippen LogP) is 5.86. The maximum Gasteiger partial charge on any atom is 0.234 e. The Balaban J connectivity index is 1.77. The van der Waals surface area contributed by atoms with E-state index < -0.39 is 0 Å². The summed E-state index contributed by atoms with van der Waals surface area (Å²) in [4.78, 5) is 12.8. The number of carbonyl (C=O) groups is 1. The molecule has 0 spiro atoms. The van der Waals surface area contributed by atoms with E-state index in [1.54, 1.807) is 6.33 Å². The lowest BCUT2D eigenvalue weighted by molar-refractivity contribution is -0.113. The SMILES string of the molecule is Cc1ccc(-n2cnnc2SCC(=O)Nc2c(C(C)C)cccc2C(C)C)c(C)c1. The van der Waals surface area contributed by atoms with Crippen LogP contribution in [0.2, 0.25) is 0 Å². The number of hydrogen-bond donors (Lipinski definition) is 1. The van der Waals surface area contributed by atoms with E-state index in [9.17, 15) is 4.79 Å². The van der Waals surface area contributed by atoms with Crippen molar-refractivity contribution in [3.05, 3.63) is 65.0 Å². The Morgan fingerprint density at radius 1 is 1.07 bits per heavy atom. The molecule has 1 aromatic heterocycles. The fourth-order valence-electron chi connectivity index (χ4n) is 3.56. The highest BCUT2D eigenvalue weighted by Gasteiger charge is 2.17. The molecule has 0 fully saturated rings. The van der Waals surface area contributed by atoms with Crippen molar-refractivity contribution in [3.63, 3.8) is 0 Å². The third kappa shape index (κ3) is 4.93. The Kier molecular flexibility index (Phi) is 6.98. The fraction of sp³-hybridized carbons (Fsp3) is 0.375. The molecular formula is C24H30N4OS. The van der Waals surface area contributed by atoms with Crippen LogP contribution in [-0.2, 0) is 4.79 Å². The van der Waals surface area contributed by atoms with Gasteiger partial charge in [0.2, 0.25) is 5.91 Å². The molecule has 1 heterocycles. The molecule has 0 saturated carbocycles. The Labute approximate surface area is 183 Å². The van der Waals surface area contributed by atoms with Crippen molar-refractivity contribution >= 4 is 23.4 Å². The van der Waals surface area contributed by atoms with E-state index in [0.717, 1.165) is 28.1 Å². The molecule has 1 N–H and O–H groups in total. The number of anilines is 1. The highest BCUT2D eigenvalue weighted by Crippen LogP contribution is 2.32. The van der Waals surface area contributed by atoms with Gasteiger partial charge in [0, 0.05) is 5.69 Å². The molecule has 0 bridgehead atoms. The lowest BCUT2D eigenvalue weighted by Crippen LogP contribution is -2.18. The van der Waals surface area contributed by atoms with Crippen LogP contribution < -0.4 is 5.32 Å². The zero-order valence-corrected chi connectivity index (χ0v) is 19.4. The van der Waals surface area contributed by atoms with Crippen LogP contribution in [0.4, 0.5) is 5.69 Å². The number of nitrogens with one attached hydrogen (secondary N) is 1. The van der Waals surface area contributed by atoms with Gasteiger partial charge in [0.05, 0.1) is 11.4 Å². The highest BCUT2D eigenvalue weighted by atomic mass is 32.2. The molecular weight excluding hydrogens is 392 g/mol. The minimum atomic E-state index is -0.0369. The van der Waals surface area contributed by atoms with Crippen molar-refractivity contribution in [2.75, 3.05) is 11.1 Å². The van der Waals surface area contributed by atoms with E-state index in [1.807, 2.05) is 4.57 Å². The number of carbonyl (C=O) groups excluding carboxylic acids is 1. The first kappa shape index (κ1) is 22.1. The Morgan fingerprint density at radius 2 is 1.73 bits per heavy atom. The van der Waals surface area contributed by atoms with Crippen LogP contribution in [0.1, 0.15) is 61.8 Å². The summed E-state index contributed by atoms with van der Waals surface area (Å²) in [6.45, 7) is 12.7. The van der Waals surface area contributed by atoms with Crippen LogP contribution in [0.25, 0.3) is 5.69 Å². The van der Waals surface area contributed by atoms with Gasteiger partial charge >= 0.3 is 0 Å². The molecule has 0 aliphatic rings. The van der Waals surface area contributed by atoms with Gasteiger partial charge in [-0.3, -0.25) is 9.36 Å².